The van der Waals surface area contributed by atoms with E-state index in [2.05, 4.69) is 117 Å². The minimum Gasteiger partial charge on any atom is -0.282 e. The molecule has 3 heterocycles. The number of hydrogen-bond donors (Lipinski definition) is 1. The van der Waals surface area contributed by atoms with Crippen LogP contribution < -0.4 is 0 Å². The lowest BCUT2D eigenvalue weighted by Gasteiger charge is -2.13. The van der Waals surface area contributed by atoms with Crippen LogP contribution in [0.4, 0.5) is 0 Å². The predicted octanol–water partition coefficient (Wildman–Crippen LogP) is 9.69. The van der Waals surface area contributed by atoms with Gasteiger partial charge >= 0.3 is 0 Å². The molecule has 1 unspecified atom stereocenters. The molecule has 0 fully saturated rings. The Hall–Kier alpha value is -4.27. The number of nitrogens with zero attached hydrogens (tertiary/aromatic N) is 3. The third-order valence-electron chi connectivity index (χ3n) is 7.81. The summed E-state index contributed by atoms with van der Waals surface area (Å²) in [6.45, 7) is 8.95. The zero-order valence-corrected chi connectivity index (χ0v) is 24.1. The highest BCUT2D eigenvalue weighted by Gasteiger charge is 2.22. The van der Waals surface area contributed by atoms with Gasteiger partial charge < -0.3 is 0 Å². The Balaban J connectivity index is 1.54. The zero-order valence-electron chi connectivity index (χ0n) is 23.2. The van der Waals surface area contributed by atoms with Crippen LogP contribution in [0, 0.1) is 12.8 Å². The van der Waals surface area contributed by atoms with Crippen molar-refractivity contribution in [1.82, 2.24) is 20.2 Å². The molecule has 4 aromatic carbocycles. The van der Waals surface area contributed by atoms with Gasteiger partial charge in [-0.25, -0.2) is 9.97 Å². The second-order valence-corrected chi connectivity index (χ2v) is 13.1. The first-order valence-electron chi connectivity index (χ1n) is 13.9. The molecule has 5 heteroatoms. The van der Waals surface area contributed by atoms with Crippen LogP contribution in [0.15, 0.2) is 91.0 Å². The molecule has 1 atom stereocenters. The van der Waals surface area contributed by atoms with Gasteiger partial charge in [-0.1, -0.05) is 98.8 Å². The molecule has 1 N–H and O–H groups in total. The molecule has 0 saturated heterocycles. The van der Waals surface area contributed by atoms with E-state index >= 15 is 0 Å². The minimum absolute atomic E-state index is 0.506. The third-order valence-corrected chi connectivity index (χ3v) is 10.1. The van der Waals surface area contributed by atoms with Gasteiger partial charge in [0.2, 0.25) is 0 Å². The maximum atomic E-state index is 5.32. The molecule has 40 heavy (non-hydrogen) atoms. The van der Waals surface area contributed by atoms with Gasteiger partial charge in [0.25, 0.3) is 0 Å². The highest BCUT2D eigenvalue weighted by Crippen LogP contribution is 2.50. The highest BCUT2D eigenvalue weighted by molar-refractivity contribution is 7.60. The summed E-state index contributed by atoms with van der Waals surface area (Å²) >= 11 is 0. The van der Waals surface area contributed by atoms with Crippen molar-refractivity contribution in [1.29, 1.82) is 0 Å². The Morgan fingerprint density at radius 1 is 0.775 bits per heavy atom. The monoisotopic (exact) mass is 538 g/mol. The summed E-state index contributed by atoms with van der Waals surface area (Å²) < 4.78 is 0. The van der Waals surface area contributed by atoms with Crippen molar-refractivity contribution in [3.05, 3.63) is 102 Å². The number of rotatable bonds is 5. The Bertz CT molecular complexity index is 2030. The molecule has 7 rings (SSSR count). The van der Waals surface area contributed by atoms with E-state index in [-0.39, 0.29) is 0 Å². The van der Waals surface area contributed by atoms with Crippen LogP contribution >= 0.6 is 7.53 Å². The summed E-state index contributed by atoms with van der Waals surface area (Å²) in [7, 11) is -0.506. The molecule has 4 nitrogen and oxygen atoms in total. The van der Waals surface area contributed by atoms with Crippen molar-refractivity contribution in [3.8, 4) is 33.9 Å². The van der Waals surface area contributed by atoms with Crippen LogP contribution in [0.5, 0.6) is 0 Å². The van der Waals surface area contributed by atoms with Gasteiger partial charge in [-0.2, -0.15) is 5.10 Å². The van der Waals surface area contributed by atoms with Crippen molar-refractivity contribution in [2.75, 3.05) is 0 Å². The van der Waals surface area contributed by atoms with Gasteiger partial charge in [0.05, 0.1) is 5.52 Å². The lowest BCUT2D eigenvalue weighted by molar-refractivity contribution is 0.647. The largest absolute Gasteiger partial charge is 0.282 e. The fraction of sp³-hybridized carbons (Fsp3) is 0.171. The molecule has 3 aromatic heterocycles. The summed E-state index contributed by atoms with van der Waals surface area (Å²) in [5, 5.41) is 14.5. The molecule has 0 amide bonds. The molecule has 196 valence electrons. The lowest BCUT2D eigenvalue weighted by Crippen LogP contribution is -1.99. The van der Waals surface area contributed by atoms with Gasteiger partial charge in [-0.15, -0.1) is 7.53 Å². The van der Waals surface area contributed by atoms with Gasteiger partial charge in [-0.3, -0.25) is 5.10 Å². The number of fused-ring (bicyclic) bond motifs is 4. The van der Waals surface area contributed by atoms with Crippen molar-refractivity contribution >= 4 is 39.4 Å². The van der Waals surface area contributed by atoms with E-state index in [1.165, 1.54) is 26.6 Å². The molecule has 0 radical (unpaired) electrons. The van der Waals surface area contributed by atoms with E-state index in [4.69, 9.17) is 15.1 Å². The maximum Gasteiger partial charge on any atom is 0.161 e. The van der Waals surface area contributed by atoms with Gasteiger partial charge in [-0.05, 0) is 53.9 Å². The minimum atomic E-state index is -0.506. The van der Waals surface area contributed by atoms with E-state index in [9.17, 15) is 0 Å². The van der Waals surface area contributed by atoms with Crippen LogP contribution in [-0.4, -0.2) is 20.2 Å². The Labute approximate surface area is 235 Å². The van der Waals surface area contributed by atoms with Crippen molar-refractivity contribution < 1.29 is 0 Å². The normalized spacial score (nSPS) is 12.3. The second kappa shape index (κ2) is 9.73. The smallest absolute Gasteiger partial charge is 0.161 e. The number of aromatic amines is 1. The average molecular weight is 539 g/mol. The van der Waals surface area contributed by atoms with Crippen molar-refractivity contribution in [2.24, 2.45) is 12.6 Å². The number of benzene rings is 4. The van der Waals surface area contributed by atoms with Crippen LogP contribution in [0.25, 0.3) is 65.8 Å². The molecule has 0 aliphatic rings. The third kappa shape index (κ3) is 4.03. The Kier molecular flexibility index (Phi) is 6.02. The van der Waals surface area contributed by atoms with E-state index in [1.54, 1.807) is 0 Å². The Morgan fingerprint density at radius 3 is 2.38 bits per heavy atom. The second-order valence-electron chi connectivity index (χ2n) is 11.1. The summed E-state index contributed by atoms with van der Waals surface area (Å²) in [5.74, 6) is 1.33. The number of H-pyrrole nitrogens is 1. The fourth-order valence-electron chi connectivity index (χ4n) is 6.05. The van der Waals surface area contributed by atoms with Crippen molar-refractivity contribution in [3.63, 3.8) is 0 Å². The molecule has 0 aliphatic heterocycles. The van der Waals surface area contributed by atoms with Crippen LogP contribution in [0.2, 0.25) is 0 Å². The number of aryl methyl sites for hydroxylation is 2. The first-order valence-corrected chi connectivity index (χ1v) is 15.7. The molecule has 7 aromatic rings. The molecule has 0 bridgehead atoms. The van der Waals surface area contributed by atoms with E-state index in [0.29, 0.717) is 5.92 Å². The summed E-state index contributed by atoms with van der Waals surface area (Å²) in [6.07, 6.45) is 1.01. The highest BCUT2D eigenvalue weighted by atomic mass is 31.1. The van der Waals surface area contributed by atoms with E-state index < -0.39 is 7.53 Å². The number of hydrogen-bond acceptors (Lipinski definition) is 3. The summed E-state index contributed by atoms with van der Waals surface area (Å²) in [5.41, 5.74) is 8.35. The van der Waals surface area contributed by atoms with Gasteiger partial charge in [0.15, 0.2) is 5.82 Å². The first-order chi connectivity index (χ1) is 19.5. The summed E-state index contributed by atoms with van der Waals surface area (Å²) in [6, 6.07) is 32.5. The van der Waals surface area contributed by atoms with Crippen LogP contribution in [0.1, 0.15) is 25.1 Å². The van der Waals surface area contributed by atoms with Crippen molar-refractivity contribution in [2.45, 2.75) is 27.2 Å². The standard InChI is InChI=1S/C35H31N4P/c1-21(2)19-23-17-18-27-29(20-23)36-35(28-15-10-14-26-25-13-8-9-16-30(25)40(4)34(26)28)37-32(27)33-31(22(3)38-39-33)24-11-6-5-7-12-24/h5-18,20-21H,19H2,1-4H3,(H,38,39). The molecule has 0 aliphatic carbocycles. The van der Waals surface area contributed by atoms with E-state index in [1.807, 2.05) is 6.07 Å². The number of nitrogens with one attached hydrogen (secondary N) is 1. The lowest BCUT2D eigenvalue weighted by atomic mass is 9.97. The molecule has 0 saturated carbocycles. The van der Waals surface area contributed by atoms with E-state index in [0.717, 1.165) is 56.9 Å². The topological polar surface area (TPSA) is 54.5 Å². The maximum absolute atomic E-state index is 5.32. The van der Waals surface area contributed by atoms with Crippen LogP contribution in [-0.2, 0) is 13.1 Å². The zero-order chi connectivity index (χ0) is 27.4. The van der Waals surface area contributed by atoms with Crippen LogP contribution in [0.3, 0.4) is 0 Å². The quantitative estimate of drug-likeness (QED) is 0.237. The Morgan fingerprint density at radius 2 is 1.55 bits per heavy atom. The molecule has 0 spiro atoms. The SMILES string of the molecule is Cc1[nH]nc(-c2nc(-c3cccc4c5ccccc5p(C)c34)nc3cc(CC(C)C)ccc23)c1-c1ccccc1. The predicted molar refractivity (Wildman–Crippen MR) is 170 cm³/mol. The first kappa shape index (κ1) is 24.7. The summed E-state index contributed by atoms with van der Waals surface area (Å²) in [4.78, 5) is 10.6. The van der Waals surface area contributed by atoms with Gasteiger partial charge in [0, 0.05) is 32.4 Å². The van der Waals surface area contributed by atoms with Gasteiger partial charge in [0.1, 0.15) is 11.4 Å². The number of aromatic nitrogens is 4. The fourth-order valence-corrected chi connectivity index (χ4v) is 8.25. The molecular weight excluding hydrogens is 507 g/mol. The molecular formula is C35H31N4P. The average Bonchev–Trinajstić information content (AvgIpc) is 3.50.